The minimum atomic E-state index is -1.45. The Kier molecular flexibility index (Phi) is 3.47. The molecule has 0 saturated heterocycles. The third-order valence-corrected chi connectivity index (χ3v) is 2.16. The zero-order valence-corrected chi connectivity index (χ0v) is 8.92. The third-order valence-electron chi connectivity index (χ3n) is 1.27. The van der Waals surface area contributed by atoms with Gasteiger partial charge in [0, 0.05) is 12.1 Å². The fourth-order valence-electron chi connectivity index (χ4n) is 0.671. The quantitative estimate of drug-likeness (QED) is 0.688. The maximum atomic E-state index is 5.59. The van der Waals surface area contributed by atoms with Crippen molar-refractivity contribution in [2.45, 2.75) is 9.67 Å². The molecule has 0 spiro atoms. The Hall–Kier alpha value is 0.310. The highest BCUT2D eigenvalue weighted by atomic mass is 35.6. The lowest BCUT2D eigenvalue weighted by Gasteiger charge is -2.09. The molecule has 1 aromatic heterocycles. The van der Waals surface area contributed by atoms with Gasteiger partial charge in [-0.3, -0.25) is 4.98 Å². The Bertz CT molecular complexity index is 251. The largest absolute Gasteiger partial charge is 0.256 e. The summed E-state index contributed by atoms with van der Waals surface area (Å²) in [5.74, 6) is 0.410. The Morgan fingerprint density at radius 3 is 2.25 bits per heavy atom. The number of alkyl halides is 4. The monoisotopic (exact) mass is 243 g/mol. The van der Waals surface area contributed by atoms with E-state index in [1.807, 2.05) is 0 Å². The zero-order valence-electron chi connectivity index (χ0n) is 5.90. The van der Waals surface area contributed by atoms with Gasteiger partial charge in [-0.25, -0.2) is 0 Å². The average molecular weight is 245 g/mol. The van der Waals surface area contributed by atoms with Crippen molar-refractivity contribution in [1.29, 1.82) is 0 Å². The van der Waals surface area contributed by atoms with E-state index < -0.39 is 3.79 Å². The average Bonchev–Trinajstić information content (AvgIpc) is 2.03. The first kappa shape index (κ1) is 10.4. The molecule has 1 heterocycles. The summed E-state index contributed by atoms with van der Waals surface area (Å²) in [5.41, 5.74) is 1.30. The van der Waals surface area contributed by atoms with Gasteiger partial charge in [0.25, 0.3) is 0 Å². The molecule has 1 nitrogen and oxygen atoms in total. The van der Waals surface area contributed by atoms with E-state index in [4.69, 9.17) is 46.4 Å². The number of hydrogen-bond acceptors (Lipinski definition) is 1. The molecule has 0 saturated carbocycles. The van der Waals surface area contributed by atoms with Crippen LogP contribution in [0.3, 0.4) is 0 Å². The highest BCUT2D eigenvalue weighted by molar-refractivity contribution is 6.66. The van der Waals surface area contributed by atoms with Crippen molar-refractivity contribution in [3.05, 3.63) is 29.6 Å². The number of halogens is 4. The normalized spacial score (nSPS) is 11.7. The van der Waals surface area contributed by atoms with Crippen molar-refractivity contribution in [1.82, 2.24) is 4.98 Å². The van der Waals surface area contributed by atoms with E-state index >= 15 is 0 Å². The van der Waals surface area contributed by atoms with Crippen LogP contribution >= 0.6 is 46.4 Å². The lowest BCUT2D eigenvalue weighted by molar-refractivity contribution is 1.07. The van der Waals surface area contributed by atoms with Crippen LogP contribution in [0.1, 0.15) is 11.3 Å². The molecule has 0 aliphatic heterocycles. The van der Waals surface area contributed by atoms with Crippen LogP contribution in [-0.2, 0) is 9.67 Å². The first-order valence-electron chi connectivity index (χ1n) is 3.12. The smallest absolute Gasteiger partial charge is 0.232 e. The Balaban J connectivity index is 2.93. The Morgan fingerprint density at radius 2 is 1.92 bits per heavy atom. The molecule has 0 aliphatic carbocycles. The van der Waals surface area contributed by atoms with Crippen molar-refractivity contribution < 1.29 is 0 Å². The molecule has 0 bridgehead atoms. The molecule has 0 atom stereocenters. The summed E-state index contributed by atoms with van der Waals surface area (Å²) in [4.78, 5) is 3.94. The van der Waals surface area contributed by atoms with Crippen molar-refractivity contribution in [2.24, 2.45) is 0 Å². The lowest BCUT2D eigenvalue weighted by Crippen LogP contribution is -2.03. The number of rotatable bonds is 1. The van der Waals surface area contributed by atoms with Crippen LogP contribution in [0.4, 0.5) is 0 Å². The maximum absolute atomic E-state index is 5.59. The van der Waals surface area contributed by atoms with E-state index in [1.54, 1.807) is 18.3 Å². The minimum absolute atomic E-state index is 0.404. The summed E-state index contributed by atoms with van der Waals surface area (Å²) >= 11 is 22.3. The molecule has 0 aromatic carbocycles. The van der Waals surface area contributed by atoms with Crippen LogP contribution in [0.25, 0.3) is 0 Å². The van der Waals surface area contributed by atoms with E-state index in [0.29, 0.717) is 11.6 Å². The molecule has 0 amide bonds. The molecule has 0 N–H and O–H groups in total. The predicted octanol–water partition coefficient (Wildman–Crippen LogP) is 3.65. The van der Waals surface area contributed by atoms with Crippen LogP contribution in [-0.4, -0.2) is 4.98 Å². The minimum Gasteiger partial charge on any atom is -0.256 e. The van der Waals surface area contributed by atoms with Gasteiger partial charge in [0.2, 0.25) is 3.79 Å². The fraction of sp³-hybridized carbons (Fsp3) is 0.286. The summed E-state index contributed by atoms with van der Waals surface area (Å²) in [7, 11) is 0. The van der Waals surface area contributed by atoms with Gasteiger partial charge >= 0.3 is 0 Å². The van der Waals surface area contributed by atoms with Gasteiger partial charge in [0.05, 0.1) is 5.69 Å². The van der Waals surface area contributed by atoms with E-state index in [9.17, 15) is 0 Å². The van der Waals surface area contributed by atoms with Crippen molar-refractivity contribution >= 4 is 46.4 Å². The van der Waals surface area contributed by atoms with E-state index in [2.05, 4.69) is 4.98 Å². The SMILES string of the molecule is ClCc1ccc(C(Cl)(Cl)Cl)nc1. The fourth-order valence-corrected chi connectivity index (χ4v) is 1.16. The molecule has 1 aromatic rings. The van der Waals surface area contributed by atoms with Gasteiger partial charge in [-0.05, 0) is 11.6 Å². The maximum Gasteiger partial charge on any atom is 0.232 e. The summed E-state index contributed by atoms with van der Waals surface area (Å²) in [5, 5.41) is 0. The van der Waals surface area contributed by atoms with E-state index in [-0.39, 0.29) is 0 Å². The molecule has 66 valence electrons. The molecule has 1 rings (SSSR count). The van der Waals surface area contributed by atoms with Crippen molar-refractivity contribution in [2.75, 3.05) is 0 Å². The summed E-state index contributed by atoms with van der Waals surface area (Å²) in [6, 6.07) is 3.42. The molecule has 0 radical (unpaired) electrons. The second-order valence-corrected chi connectivity index (χ2v) is 4.73. The van der Waals surface area contributed by atoms with Crippen LogP contribution in [0.5, 0.6) is 0 Å². The molecule has 12 heavy (non-hydrogen) atoms. The topological polar surface area (TPSA) is 12.9 Å². The highest BCUT2D eigenvalue weighted by Crippen LogP contribution is 2.36. The molecule has 0 aliphatic rings. The summed E-state index contributed by atoms with van der Waals surface area (Å²) in [6.07, 6.45) is 1.59. The Labute approximate surface area is 90.6 Å². The van der Waals surface area contributed by atoms with Crippen LogP contribution in [0.2, 0.25) is 0 Å². The molecular weight excluding hydrogens is 240 g/mol. The predicted molar refractivity (Wildman–Crippen MR) is 53.0 cm³/mol. The zero-order chi connectivity index (χ0) is 9.19. The van der Waals surface area contributed by atoms with Gasteiger partial charge in [0.1, 0.15) is 0 Å². The van der Waals surface area contributed by atoms with Gasteiger partial charge < -0.3 is 0 Å². The second-order valence-electron chi connectivity index (χ2n) is 2.18. The molecule has 0 fully saturated rings. The number of pyridine rings is 1. The van der Waals surface area contributed by atoms with Crippen LogP contribution < -0.4 is 0 Å². The van der Waals surface area contributed by atoms with Crippen LogP contribution in [0, 0.1) is 0 Å². The molecular formula is C7H5Cl4N. The van der Waals surface area contributed by atoms with Crippen LogP contribution in [0.15, 0.2) is 18.3 Å². The first-order chi connectivity index (χ1) is 5.54. The van der Waals surface area contributed by atoms with Gasteiger partial charge in [0.15, 0.2) is 0 Å². The lowest BCUT2D eigenvalue weighted by atomic mass is 10.3. The third kappa shape index (κ3) is 2.67. The second kappa shape index (κ2) is 4.01. The van der Waals surface area contributed by atoms with Gasteiger partial charge in [-0.1, -0.05) is 40.9 Å². The molecule has 5 heteroatoms. The number of aromatic nitrogens is 1. The van der Waals surface area contributed by atoms with Crippen molar-refractivity contribution in [3.63, 3.8) is 0 Å². The highest BCUT2D eigenvalue weighted by Gasteiger charge is 2.23. The van der Waals surface area contributed by atoms with E-state index in [0.717, 1.165) is 5.56 Å². The van der Waals surface area contributed by atoms with Gasteiger partial charge in [-0.2, -0.15) is 0 Å². The van der Waals surface area contributed by atoms with Gasteiger partial charge in [-0.15, -0.1) is 11.6 Å². The number of nitrogens with zero attached hydrogens (tertiary/aromatic N) is 1. The molecule has 0 unspecified atom stereocenters. The van der Waals surface area contributed by atoms with E-state index in [1.165, 1.54) is 0 Å². The Morgan fingerprint density at radius 1 is 1.25 bits per heavy atom. The number of hydrogen-bond donors (Lipinski definition) is 0. The first-order valence-corrected chi connectivity index (χ1v) is 4.79. The standard InChI is InChI=1S/C7H5Cl4N/c8-3-5-1-2-6(12-4-5)7(9,10)11/h1-2,4H,3H2. The summed E-state index contributed by atoms with van der Waals surface area (Å²) in [6.45, 7) is 0. The summed E-state index contributed by atoms with van der Waals surface area (Å²) < 4.78 is -1.45. The van der Waals surface area contributed by atoms with Crippen molar-refractivity contribution in [3.8, 4) is 0 Å².